The molecule has 5 nitrogen and oxygen atoms in total. The van der Waals surface area contributed by atoms with E-state index in [1.165, 1.54) is 0 Å². The minimum absolute atomic E-state index is 0.111. The van der Waals surface area contributed by atoms with Crippen LogP contribution in [0.2, 0.25) is 0 Å². The van der Waals surface area contributed by atoms with E-state index in [2.05, 4.69) is 29.5 Å². The third kappa shape index (κ3) is 4.08. The van der Waals surface area contributed by atoms with Crippen LogP contribution in [0.15, 0.2) is 35.1 Å². The van der Waals surface area contributed by atoms with E-state index in [4.69, 9.17) is 4.42 Å². The number of hydrogen-bond donors (Lipinski definition) is 2. The number of rotatable bonds is 6. The number of aromatic nitrogens is 1. The molecular formula is C16H21N3O2. The van der Waals surface area contributed by atoms with Crippen LogP contribution in [0.1, 0.15) is 48.3 Å². The smallest absolute Gasteiger partial charge is 0.251 e. The number of furan rings is 1. The summed E-state index contributed by atoms with van der Waals surface area (Å²) in [4.78, 5) is 16.8. The van der Waals surface area contributed by atoms with Gasteiger partial charge < -0.3 is 15.1 Å². The molecule has 21 heavy (non-hydrogen) atoms. The Labute approximate surface area is 124 Å². The normalized spacial score (nSPS) is 10.7. The molecule has 0 radical (unpaired) electrons. The third-order valence-corrected chi connectivity index (χ3v) is 3.09. The van der Waals surface area contributed by atoms with Crippen LogP contribution >= 0.6 is 0 Å². The molecule has 1 amide bonds. The molecule has 2 aromatic heterocycles. The van der Waals surface area contributed by atoms with Crippen LogP contribution in [0, 0.1) is 0 Å². The van der Waals surface area contributed by atoms with Gasteiger partial charge in [-0.2, -0.15) is 0 Å². The van der Waals surface area contributed by atoms with Gasteiger partial charge in [-0.05, 0) is 31.0 Å². The highest BCUT2D eigenvalue weighted by Gasteiger charge is 2.11. The van der Waals surface area contributed by atoms with Crippen molar-refractivity contribution < 1.29 is 9.21 Å². The average molecular weight is 287 g/mol. The first-order valence-corrected chi connectivity index (χ1v) is 7.15. The molecule has 2 N–H and O–H groups in total. The number of carbonyl (C=O) groups excluding carboxylic acids is 1. The molecular weight excluding hydrogens is 266 g/mol. The van der Waals surface area contributed by atoms with Crippen LogP contribution in [-0.4, -0.2) is 17.4 Å². The van der Waals surface area contributed by atoms with Gasteiger partial charge in [-0.15, -0.1) is 0 Å². The Bertz CT molecular complexity index is 592. The predicted octanol–water partition coefficient (Wildman–Crippen LogP) is 3.16. The molecule has 2 rings (SSSR count). The fraction of sp³-hybridized carbons (Fsp3) is 0.375. The molecule has 2 aromatic rings. The molecule has 0 spiro atoms. The zero-order valence-corrected chi connectivity index (χ0v) is 12.6. The Morgan fingerprint density at radius 1 is 1.38 bits per heavy atom. The maximum absolute atomic E-state index is 12.3. The number of carbonyl (C=O) groups is 1. The molecule has 0 bridgehead atoms. The molecule has 0 saturated heterocycles. The maximum Gasteiger partial charge on any atom is 0.251 e. The fourth-order valence-corrected chi connectivity index (χ4v) is 1.93. The first-order chi connectivity index (χ1) is 10.1. The van der Waals surface area contributed by atoms with Crippen LogP contribution in [0.3, 0.4) is 0 Å². The van der Waals surface area contributed by atoms with Crippen LogP contribution in [0.4, 0.5) is 5.82 Å². The van der Waals surface area contributed by atoms with Crippen molar-refractivity contribution in [1.29, 1.82) is 0 Å². The Kier molecular flexibility index (Phi) is 4.98. The van der Waals surface area contributed by atoms with E-state index in [0.717, 1.165) is 23.6 Å². The van der Waals surface area contributed by atoms with E-state index >= 15 is 0 Å². The van der Waals surface area contributed by atoms with E-state index in [0.29, 0.717) is 12.1 Å². The Hall–Kier alpha value is -2.30. The summed E-state index contributed by atoms with van der Waals surface area (Å²) >= 11 is 0. The van der Waals surface area contributed by atoms with Crippen molar-refractivity contribution in [2.45, 2.75) is 33.2 Å². The van der Waals surface area contributed by atoms with Crippen molar-refractivity contribution in [1.82, 2.24) is 10.3 Å². The van der Waals surface area contributed by atoms with Gasteiger partial charge in [-0.25, -0.2) is 4.98 Å². The summed E-state index contributed by atoms with van der Waals surface area (Å²) in [6.07, 6.45) is 3.21. The first kappa shape index (κ1) is 15.1. The minimum atomic E-state index is -0.111. The van der Waals surface area contributed by atoms with Crippen molar-refractivity contribution in [3.63, 3.8) is 0 Å². The quantitative estimate of drug-likeness (QED) is 0.856. The van der Waals surface area contributed by atoms with Crippen LogP contribution in [-0.2, 0) is 6.54 Å². The van der Waals surface area contributed by atoms with Gasteiger partial charge in [0.2, 0.25) is 0 Å². The van der Waals surface area contributed by atoms with E-state index in [1.807, 2.05) is 19.1 Å². The molecule has 0 unspecified atom stereocenters. The first-order valence-electron chi connectivity index (χ1n) is 7.15. The maximum atomic E-state index is 12.3. The van der Waals surface area contributed by atoms with Crippen molar-refractivity contribution in [2.24, 2.45) is 0 Å². The predicted molar refractivity (Wildman–Crippen MR) is 82.4 cm³/mol. The van der Waals surface area contributed by atoms with E-state index in [9.17, 15) is 4.79 Å². The monoisotopic (exact) mass is 287 g/mol. The van der Waals surface area contributed by atoms with E-state index in [-0.39, 0.29) is 11.8 Å². The highest BCUT2D eigenvalue weighted by molar-refractivity contribution is 5.95. The van der Waals surface area contributed by atoms with Gasteiger partial charge in [0.05, 0.1) is 12.5 Å². The fourth-order valence-electron chi connectivity index (χ4n) is 1.93. The number of hydrogen-bond acceptors (Lipinski definition) is 4. The van der Waals surface area contributed by atoms with Crippen molar-refractivity contribution in [3.8, 4) is 0 Å². The lowest BCUT2D eigenvalue weighted by Gasteiger charge is -2.12. The second-order valence-electron chi connectivity index (χ2n) is 5.17. The van der Waals surface area contributed by atoms with Crippen molar-refractivity contribution >= 4 is 11.7 Å². The standard InChI is InChI=1S/C16H21N3O2/c1-4-17-15-8-13(7-14(19-15)11(2)3)16(20)18-9-12-5-6-21-10-12/h5-8,10-11H,4,9H2,1-3H3,(H,17,19)(H,18,20). The van der Waals surface area contributed by atoms with Gasteiger partial charge in [-0.1, -0.05) is 13.8 Å². The highest BCUT2D eigenvalue weighted by Crippen LogP contribution is 2.17. The molecule has 0 aliphatic carbocycles. The van der Waals surface area contributed by atoms with Gasteiger partial charge >= 0.3 is 0 Å². The molecule has 112 valence electrons. The zero-order chi connectivity index (χ0) is 15.2. The largest absolute Gasteiger partial charge is 0.472 e. The molecule has 0 saturated carbocycles. The van der Waals surface area contributed by atoms with Crippen LogP contribution < -0.4 is 10.6 Å². The minimum Gasteiger partial charge on any atom is -0.472 e. The Morgan fingerprint density at radius 3 is 2.81 bits per heavy atom. The van der Waals surface area contributed by atoms with Crippen LogP contribution in [0.25, 0.3) is 0 Å². The van der Waals surface area contributed by atoms with E-state index in [1.54, 1.807) is 18.6 Å². The summed E-state index contributed by atoms with van der Waals surface area (Å²) in [7, 11) is 0. The average Bonchev–Trinajstić information content (AvgIpc) is 2.98. The number of nitrogens with zero attached hydrogens (tertiary/aromatic N) is 1. The number of pyridine rings is 1. The van der Waals surface area contributed by atoms with Gasteiger partial charge in [-0.3, -0.25) is 4.79 Å². The molecule has 2 heterocycles. The second-order valence-corrected chi connectivity index (χ2v) is 5.17. The lowest BCUT2D eigenvalue weighted by atomic mass is 10.1. The molecule has 0 aliphatic rings. The Morgan fingerprint density at radius 2 is 2.19 bits per heavy atom. The summed E-state index contributed by atoms with van der Waals surface area (Å²) in [6, 6.07) is 5.45. The van der Waals surface area contributed by atoms with Gasteiger partial charge in [0.25, 0.3) is 5.91 Å². The molecule has 0 atom stereocenters. The summed E-state index contributed by atoms with van der Waals surface area (Å²) in [6.45, 7) is 7.34. The number of anilines is 1. The summed E-state index contributed by atoms with van der Waals surface area (Å²) in [5.41, 5.74) is 2.46. The lowest BCUT2D eigenvalue weighted by molar-refractivity contribution is 0.0950. The zero-order valence-electron chi connectivity index (χ0n) is 12.6. The highest BCUT2D eigenvalue weighted by atomic mass is 16.3. The lowest BCUT2D eigenvalue weighted by Crippen LogP contribution is -2.23. The van der Waals surface area contributed by atoms with Crippen molar-refractivity contribution in [3.05, 3.63) is 47.5 Å². The molecule has 0 aliphatic heterocycles. The van der Waals surface area contributed by atoms with Gasteiger partial charge in [0.1, 0.15) is 5.82 Å². The summed E-state index contributed by atoms with van der Waals surface area (Å²) in [5, 5.41) is 6.04. The van der Waals surface area contributed by atoms with Gasteiger partial charge in [0.15, 0.2) is 0 Å². The molecule has 0 aromatic carbocycles. The number of nitrogens with one attached hydrogen (secondary N) is 2. The Balaban J connectivity index is 2.14. The third-order valence-electron chi connectivity index (χ3n) is 3.09. The SMILES string of the molecule is CCNc1cc(C(=O)NCc2ccoc2)cc(C(C)C)n1. The van der Waals surface area contributed by atoms with E-state index < -0.39 is 0 Å². The molecule has 0 fully saturated rings. The molecule has 5 heteroatoms. The van der Waals surface area contributed by atoms with Crippen LogP contribution in [0.5, 0.6) is 0 Å². The second kappa shape index (κ2) is 6.92. The van der Waals surface area contributed by atoms with Crippen molar-refractivity contribution in [2.75, 3.05) is 11.9 Å². The summed E-state index contributed by atoms with van der Waals surface area (Å²) in [5.74, 6) is 0.890. The topological polar surface area (TPSA) is 67.2 Å². The summed E-state index contributed by atoms with van der Waals surface area (Å²) < 4.78 is 4.98. The van der Waals surface area contributed by atoms with Gasteiger partial charge in [0, 0.05) is 29.9 Å². The number of amides is 1.